The summed E-state index contributed by atoms with van der Waals surface area (Å²) in [7, 11) is 0. The second-order valence-electron chi connectivity index (χ2n) is 5.82. The quantitative estimate of drug-likeness (QED) is 0.576. The molecule has 0 radical (unpaired) electrons. The van der Waals surface area contributed by atoms with Crippen molar-refractivity contribution in [2.45, 2.75) is 19.9 Å². The Morgan fingerprint density at radius 2 is 1.62 bits per heavy atom. The first kappa shape index (κ1) is 17.5. The maximum atomic E-state index is 11.8. The molecule has 0 atom stereocenters. The van der Waals surface area contributed by atoms with Crippen molar-refractivity contribution in [1.29, 1.82) is 0 Å². The number of nitrogens with one attached hydrogen (secondary N) is 3. The van der Waals surface area contributed by atoms with Crippen LogP contribution in [0.2, 0.25) is 0 Å². The second-order valence-corrected chi connectivity index (χ2v) is 5.82. The van der Waals surface area contributed by atoms with E-state index in [0.717, 1.165) is 11.5 Å². The van der Waals surface area contributed by atoms with Crippen LogP contribution in [0.5, 0.6) is 0 Å². The predicted molar refractivity (Wildman–Crippen MR) is 107 cm³/mol. The van der Waals surface area contributed by atoms with Gasteiger partial charge in [0.15, 0.2) is 5.82 Å². The number of nitrogens with zero attached hydrogens (tertiary/aromatic N) is 1. The van der Waals surface area contributed by atoms with Gasteiger partial charge in [-0.2, -0.15) is 0 Å². The number of carbonyl (C=O) groups is 1. The Morgan fingerprint density at radius 3 is 2.31 bits per heavy atom. The zero-order valence-corrected chi connectivity index (χ0v) is 14.7. The SMILES string of the molecule is CCC(=O)Nc1ccc(NCc2ccccc2)nc1Nc1ccccc1. The van der Waals surface area contributed by atoms with E-state index in [4.69, 9.17) is 0 Å². The van der Waals surface area contributed by atoms with E-state index in [2.05, 4.69) is 33.1 Å². The Bertz CT molecular complexity index is 850. The van der Waals surface area contributed by atoms with Crippen LogP contribution >= 0.6 is 0 Å². The monoisotopic (exact) mass is 346 g/mol. The fourth-order valence-corrected chi connectivity index (χ4v) is 2.44. The minimum Gasteiger partial charge on any atom is -0.366 e. The van der Waals surface area contributed by atoms with Gasteiger partial charge in [0.2, 0.25) is 5.91 Å². The van der Waals surface area contributed by atoms with E-state index in [-0.39, 0.29) is 5.91 Å². The largest absolute Gasteiger partial charge is 0.366 e. The molecule has 5 heteroatoms. The first-order chi connectivity index (χ1) is 12.7. The number of pyridine rings is 1. The molecule has 0 aliphatic heterocycles. The van der Waals surface area contributed by atoms with Crippen molar-refractivity contribution >= 4 is 28.9 Å². The maximum Gasteiger partial charge on any atom is 0.224 e. The lowest BCUT2D eigenvalue weighted by atomic mass is 10.2. The van der Waals surface area contributed by atoms with Gasteiger partial charge < -0.3 is 16.0 Å². The van der Waals surface area contributed by atoms with Crippen molar-refractivity contribution < 1.29 is 4.79 Å². The van der Waals surface area contributed by atoms with Crippen molar-refractivity contribution in [3.05, 3.63) is 78.4 Å². The average molecular weight is 346 g/mol. The van der Waals surface area contributed by atoms with Crippen LogP contribution in [0.1, 0.15) is 18.9 Å². The fourth-order valence-electron chi connectivity index (χ4n) is 2.44. The summed E-state index contributed by atoms with van der Waals surface area (Å²) in [4.78, 5) is 16.4. The topological polar surface area (TPSA) is 66.0 Å². The molecule has 2 aromatic carbocycles. The standard InChI is InChI=1S/C21H22N4O/c1-2-20(26)24-18-13-14-19(22-15-16-9-5-3-6-10-16)25-21(18)23-17-11-7-4-8-12-17/h3-14H,2,15H2,1H3,(H,24,26)(H2,22,23,25). The van der Waals surface area contributed by atoms with Crippen molar-refractivity contribution in [1.82, 2.24) is 4.98 Å². The number of hydrogen-bond donors (Lipinski definition) is 3. The summed E-state index contributed by atoms with van der Waals surface area (Å²) < 4.78 is 0. The molecule has 26 heavy (non-hydrogen) atoms. The molecule has 0 fully saturated rings. The molecule has 3 aromatic rings. The van der Waals surface area contributed by atoms with Gasteiger partial charge in [0.1, 0.15) is 5.82 Å². The van der Waals surface area contributed by atoms with E-state index in [0.29, 0.717) is 24.5 Å². The van der Waals surface area contributed by atoms with E-state index in [1.807, 2.05) is 67.6 Å². The van der Waals surface area contributed by atoms with Gasteiger partial charge in [-0.05, 0) is 29.8 Å². The van der Waals surface area contributed by atoms with Gasteiger partial charge in [-0.1, -0.05) is 55.5 Å². The fraction of sp³-hybridized carbons (Fsp3) is 0.143. The Hall–Kier alpha value is -3.34. The summed E-state index contributed by atoms with van der Waals surface area (Å²) in [6.45, 7) is 2.50. The number of rotatable bonds is 7. The van der Waals surface area contributed by atoms with E-state index in [1.165, 1.54) is 5.56 Å². The van der Waals surface area contributed by atoms with Gasteiger partial charge >= 0.3 is 0 Å². The van der Waals surface area contributed by atoms with Crippen LogP contribution in [0.15, 0.2) is 72.8 Å². The van der Waals surface area contributed by atoms with Gasteiger partial charge in [0, 0.05) is 18.7 Å². The Kier molecular flexibility index (Phi) is 5.83. The minimum absolute atomic E-state index is 0.0482. The average Bonchev–Trinajstić information content (AvgIpc) is 2.69. The van der Waals surface area contributed by atoms with E-state index >= 15 is 0 Å². The van der Waals surface area contributed by atoms with Crippen LogP contribution in [0.25, 0.3) is 0 Å². The van der Waals surface area contributed by atoms with E-state index in [1.54, 1.807) is 0 Å². The number of aromatic nitrogens is 1. The van der Waals surface area contributed by atoms with Gasteiger partial charge in [-0.3, -0.25) is 4.79 Å². The van der Waals surface area contributed by atoms with E-state index < -0.39 is 0 Å². The van der Waals surface area contributed by atoms with Crippen LogP contribution in [0, 0.1) is 0 Å². The van der Waals surface area contributed by atoms with Gasteiger partial charge in [-0.15, -0.1) is 0 Å². The number of anilines is 4. The highest BCUT2D eigenvalue weighted by molar-refractivity contribution is 5.94. The molecule has 0 saturated carbocycles. The van der Waals surface area contributed by atoms with Crippen molar-refractivity contribution in [2.24, 2.45) is 0 Å². The molecular weight excluding hydrogens is 324 g/mol. The maximum absolute atomic E-state index is 11.8. The minimum atomic E-state index is -0.0482. The van der Waals surface area contributed by atoms with Gasteiger partial charge in [0.25, 0.3) is 0 Å². The zero-order valence-electron chi connectivity index (χ0n) is 14.7. The van der Waals surface area contributed by atoms with Crippen LogP contribution in [0.3, 0.4) is 0 Å². The summed E-state index contributed by atoms with van der Waals surface area (Å²) in [6, 6.07) is 23.6. The van der Waals surface area contributed by atoms with Gasteiger partial charge in [0.05, 0.1) is 5.69 Å². The number of benzene rings is 2. The highest BCUT2D eigenvalue weighted by atomic mass is 16.1. The summed E-state index contributed by atoms with van der Waals surface area (Å²) >= 11 is 0. The normalized spacial score (nSPS) is 10.2. The smallest absolute Gasteiger partial charge is 0.224 e. The molecule has 0 aliphatic carbocycles. The third-order valence-corrected chi connectivity index (χ3v) is 3.84. The van der Waals surface area contributed by atoms with Crippen LogP contribution in [-0.4, -0.2) is 10.9 Å². The number of para-hydroxylation sites is 1. The molecule has 0 unspecified atom stereocenters. The van der Waals surface area contributed by atoms with E-state index in [9.17, 15) is 4.79 Å². The molecular formula is C21H22N4O. The third kappa shape index (κ3) is 4.83. The molecule has 1 aromatic heterocycles. The van der Waals surface area contributed by atoms with Crippen LogP contribution in [0.4, 0.5) is 23.0 Å². The number of amides is 1. The first-order valence-electron chi connectivity index (χ1n) is 8.65. The molecule has 3 N–H and O–H groups in total. The number of hydrogen-bond acceptors (Lipinski definition) is 4. The molecule has 5 nitrogen and oxygen atoms in total. The Balaban J connectivity index is 1.80. The lowest BCUT2D eigenvalue weighted by Gasteiger charge is -2.14. The highest BCUT2D eigenvalue weighted by Crippen LogP contribution is 2.26. The molecule has 3 rings (SSSR count). The summed E-state index contributed by atoms with van der Waals surface area (Å²) in [5.41, 5.74) is 2.74. The Labute approximate surface area is 153 Å². The highest BCUT2D eigenvalue weighted by Gasteiger charge is 2.09. The molecule has 1 heterocycles. The zero-order chi connectivity index (χ0) is 18.2. The summed E-state index contributed by atoms with van der Waals surface area (Å²) in [5, 5.41) is 9.48. The first-order valence-corrected chi connectivity index (χ1v) is 8.65. The lowest BCUT2D eigenvalue weighted by molar-refractivity contribution is -0.115. The van der Waals surface area contributed by atoms with Crippen molar-refractivity contribution in [3.63, 3.8) is 0 Å². The summed E-state index contributed by atoms with van der Waals surface area (Å²) in [5.74, 6) is 1.30. The third-order valence-electron chi connectivity index (χ3n) is 3.84. The molecule has 0 spiro atoms. The Morgan fingerprint density at radius 1 is 0.923 bits per heavy atom. The molecule has 0 aliphatic rings. The lowest BCUT2D eigenvalue weighted by Crippen LogP contribution is -2.12. The van der Waals surface area contributed by atoms with Crippen LogP contribution < -0.4 is 16.0 Å². The number of carbonyl (C=O) groups excluding carboxylic acids is 1. The molecule has 1 amide bonds. The van der Waals surface area contributed by atoms with Crippen LogP contribution in [-0.2, 0) is 11.3 Å². The molecule has 132 valence electrons. The summed E-state index contributed by atoms with van der Waals surface area (Å²) in [6.07, 6.45) is 0.415. The van der Waals surface area contributed by atoms with Crippen molar-refractivity contribution in [2.75, 3.05) is 16.0 Å². The molecule has 0 bridgehead atoms. The van der Waals surface area contributed by atoms with Crippen molar-refractivity contribution in [3.8, 4) is 0 Å². The van der Waals surface area contributed by atoms with Gasteiger partial charge in [-0.25, -0.2) is 4.98 Å². The predicted octanol–water partition coefficient (Wildman–Crippen LogP) is 4.79. The second kappa shape index (κ2) is 8.67. The molecule has 0 saturated heterocycles.